The molecule has 0 spiro atoms. The summed E-state index contributed by atoms with van der Waals surface area (Å²) in [6.07, 6.45) is -0.155. The number of benzene rings is 2. The molecule has 1 aliphatic heterocycles. The summed E-state index contributed by atoms with van der Waals surface area (Å²) in [6.45, 7) is 1.97. The van der Waals surface area contributed by atoms with Gasteiger partial charge in [0, 0.05) is 29.9 Å². The molecule has 3 aromatic rings. The maximum Gasteiger partial charge on any atom is 0.416 e. The lowest BCUT2D eigenvalue weighted by Gasteiger charge is -2.26. The van der Waals surface area contributed by atoms with Crippen molar-refractivity contribution in [2.75, 3.05) is 30.1 Å². The van der Waals surface area contributed by atoms with E-state index in [0.29, 0.717) is 17.4 Å². The summed E-state index contributed by atoms with van der Waals surface area (Å²) in [7, 11) is -3.86. The van der Waals surface area contributed by atoms with Gasteiger partial charge in [-0.05, 0) is 56.3 Å². The SMILES string of the molecule is O=c1ccn(-c2cc(NS(=O)(=O)CCN3CCCCC3)cc(C(F)(F)F)c2)c2ccccc12. The fraction of sp³-hybridized carbons (Fsp3) is 0.348. The van der Waals surface area contributed by atoms with E-state index in [9.17, 15) is 26.4 Å². The molecule has 0 bridgehead atoms. The lowest BCUT2D eigenvalue weighted by molar-refractivity contribution is -0.137. The second kappa shape index (κ2) is 9.18. The number of fused-ring (bicyclic) bond motifs is 1. The highest BCUT2D eigenvalue weighted by atomic mass is 32.2. The van der Waals surface area contributed by atoms with Gasteiger partial charge in [-0.25, -0.2) is 8.42 Å². The summed E-state index contributed by atoms with van der Waals surface area (Å²) in [5.74, 6) is -0.209. The van der Waals surface area contributed by atoms with Gasteiger partial charge < -0.3 is 9.47 Å². The average molecular weight is 480 g/mol. The predicted molar refractivity (Wildman–Crippen MR) is 122 cm³/mol. The number of piperidine rings is 1. The smallest absolute Gasteiger partial charge is 0.316 e. The Morgan fingerprint density at radius 3 is 2.42 bits per heavy atom. The van der Waals surface area contributed by atoms with Crippen molar-refractivity contribution >= 4 is 26.6 Å². The van der Waals surface area contributed by atoms with E-state index < -0.39 is 21.8 Å². The minimum absolute atomic E-state index is 0.0924. The predicted octanol–water partition coefficient (Wildman–Crippen LogP) is 4.24. The second-order valence-corrected chi connectivity index (χ2v) is 10.00. The summed E-state index contributed by atoms with van der Waals surface area (Å²) in [6, 6.07) is 10.9. The molecular formula is C23H24F3N3O3S. The molecule has 1 aromatic heterocycles. The molecule has 0 aliphatic carbocycles. The molecule has 176 valence electrons. The molecule has 2 heterocycles. The Labute approximate surface area is 189 Å². The van der Waals surface area contributed by atoms with Gasteiger partial charge >= 0.3 is 6.18 Å². The number of hydrogen-bond acceptors (Lipinski definition) is 4. The summed E-state index contributed by atoms with van der Waals surface area (Å²) in [5.41, 5.74) is -0.914. The molecule has 0 radical (unpaired) electrons. The molecule has 1 aliphatic rings. The highest BCUT2D eigenvalue weighted by Gasteiger charge is 2.32. The Morgan fingerprint density at radius 1 is 0.970 bits per heavy atom. The normalized spacial score (nSPS) is 15.6. The van der Waals surface area contributed by atoms with Crippen molar-refractivity contribution in [3.8, 4) is 5.69 Å². The summed E-state index contributed by atoms with van der Waals surface area (Å²) < 4.78 is 69.9. The highest BCUT2D eigenvalue weighted by Crippen LogP contribution is 2.34. The van der Waals surface area contributed by atoms with E-state index in [1.54, 1.807) is 24.3 Å². The fourth-order valence-corrected chi connectivity index (χ4v) is 5.14. The van der Waals surface area contributed by atoms with Crippen LogP contribution in [0.5, 0.6) is 0 Å². The van der Waals surface area contributed by atoms with E-state index in [4.69, 9.17) is 0 Å². The van der Waals surface area contributed by atoms with E-state index >= 15 is 0 Å². The standard InChI is InChI=1S/C23H24F3N3O3S/c24-23(25,26)17-14-18(27-33(31,32)13-12-28-9-4-1-5-10-28)16-19(15-17)29-11-8-22(30)20-6-2-3-7-21(20)29/h2-3,6-8,11,14-16,27H,1,4-5,9-10,12-13H2. The largest absolute Gasteiger partial charge is 0.416 e. The Kier molecular flexibility index (Phi) is 6.49. The van der Waals surface area contributed by atoms with Gasteiger partial charge in [-0.1, -0.05) is 18.6 Å². The Bertz CT molecular complexity index is 1310. The Morgan fingerprint density at radius 2 is 1.70 bits per heavy atom. The van der Waals surface area contributed by atoms with Crippen LogP contribution in [0, 0.1) is 0 Å². The quantitative estimate of drug-likeness (QED) is 0.574. The maximum atomic E-state index is 13.6. The lowest BCUT2D eigenvalue weighted by atomic mass is 10.1. The second-order valence-electron chi connectivity index (χ2n) is 8.16. The Balaban J connectivity index is 1.69. The van der Waals surface area contributed by atoms with Crippen LogP contribution >= 0.6 is 0 Å². The molecule has 1 saturated heterocycles. The van der Waals surface area contributed by atoms with Crippen LogP contribution in [0.25, 0.3) is 16.6 Å². The van der Waals surface area contributed by atoms with E-state index in [1.807, 2.05) is 4.90 Å². The number of aromatic nitrogens is 1. The van der Waals surface area contributed by atoms with Gasteiger partial charge in [0.15, 0.2) is 5.43 Å². The third-order valence-electron chi connectivity index (χ3n) is 5.73. The zero-order valence-corrected chi connectivity index (χ0v) is 18.6. The highest BCUT2D eigenvalue weighted by molar-refractivity contribution is 7.92. The number of rotatable bonds is 6. The van der Waals surface area contributed by atoms with Crippen LogP contribution in [0.1, 0.15) is 24.8 Å². The van der Waals surface area contributed by atoms with Crippen LogP contribution in [0.4, 0.5) is 18.9 Å². The molecule has 0 atom stereocenters. The zero-order chi connectivity index (χ0) is 23.6. The number of nitrogens with one attached hydrogen (secondary N) is 1. The van der Waals surface area contributed by atoms with Crippen LogP contribution in [-0.2, 0) is 16.2 Å². The first-order valence-corrected chi connectivity index (χ1v) is 12.3. The fourth-order valence-electron chi connectivity index (χ4n) is 4.07. The molecular weight excluding hydrogens is 455 g/mol. The first-order valence-electron chi connectivity index (χ1n) is 10.7. The van der Waals surface area contributed by atoms with Gasteiger partial charge in [0.25, 0.3) is 0 Å². The molecule has 33 heavy (non-hydrogen) atoms. The minimum atomic E-state index is -4.68. The number of pyridine rings is 1. The van der Waals surface area contributed by atoms with E-state index in [2.05, 4.69) is 4.72 Å². The number of hydrogen-bond donors (Lipinski definition) is 1. The van der Waals surface area contributed by atoms with Crippen LogP contribution in [-0.4, -0.2) is 43.3 Å². The number of alkyl halides is 3. The van der Waals surface area contributed by atoms with Crippen LogP contribution < -0.4 is 10.2 Å². The number of nitrogens with zero attached hydrogens (tertiary/aromatic N) is 2. The van der Waals surface area contributed by atoms with Crippen molar-refractivity contribution < 1.29 is 21.6 Å². The monoisotopic (exact) mass is 479 g/mol. The number of para-hydroxylation sites is 1. The maximum absolute atomic E-state index is 13.6. The van der Waals surface area contributed by atoms with Crippen molar-refractivity contribution in [1.29, 1.82) is 0 Å². The Hall–Kier alpha value is -2.85. The average Bonchev–Trinajstić information content (AvgIpc) is 2.78. The molecule has 4 rings (SSSR count). The van der Waals surface area contributed by atoms with E-state index in [-0.39, 0.29) is 22.6 Å². The van der Waals surface area contributed by atoms with Gasteiger partial charge in [0.2, 0.25) is 10.0 Å². The number of halogens is 3. The molecule has 10 heteroatoms. The van der Waals surface area contributed by atoms with Crippen molar-refractivity contribution in [3.05, 3.63) is 70.5 Å². The molecule has 1 N–H and O–H groups in total. The minimum Gasteiger partial charge on any atom is -0.316 e. The summed E-state index contributed by atoms with van der Waals surface area (Å²) in [5, 5.41) is 0.348. The molecule has 1 fully saturated rings. The first-order chi connectivity index (χ1) is 15.6. The number of sulfonamides is 1. The lowest BCUT2D eigenvalue weighted by Crippen LogP contribution is -2.35. The number of anilines is 1. The van der Waals surface area contributed by atoms with Crippen LogP contribution in [0.15, 0.2) is 59.5 Å². The van der Waals surface area contributed by atoms with Gasteiger partial charge in [-0.15, -0.1) is 0 Å². The molecule has 6 nitrogen and oxygen atoms in total. The van der Waals surface area contributed by atoms with E-state index in [0.717, 1.165) is 44.5 Å². The zero-order valence-electron chi connectivity index (χ0n) is 17.8. The van der Waals surface area contributed by atoms with E-state index in [1.165, 1.54) is 22.9 Å². The topological polar surface area (TPSA) is 71.4 Å². The third kappa shape index (κ3) is 5.56. The molecule has 0 unspecified atom stereocenters. The first kappa shape index (κ1) is 23.3. The van der Waals surface area contributed by atoms with Crippen molar-refractivity contribution in [2.24, 2.45) is 0 Å². The number of likely N-dealkylation sites (tertiary alicyclic amines) is 1. The van der Waals surface area contributed by atoms with Crippen LogP contribution in [0.2, 0.25) is 0 Å². The van der Waals surface area contributed by atoms with Gasteiger partial charge in [0.05, 0.1) is 22.5 Å². The molecule has 0 saturated carbocycles. The molecule has 0 amide bonds. The van der Waals surface area contributed by atoms with Crippen molar-refractivity contribution in [3.63, 3.8) is 0 Å². The van der Waals surface area contributed by atoms with Gasteiger partial charge in [-0.3, -0.25) is 9.52 Å². The molecule has 2 aromatic carbocycles. The summed E-state index contributed by atoms with van der Waals surface area (Å²) in [4.78, 5) is 14.2. The van der Waals surface area contributed by atoms with Crippen LogP contribution in [0.3, 0.4) is 0 Å². The third-order valence-corrected chi connectivity index (χ3v) is 6.99. The van der Waals surface area contributed by atoms with Gasteiger partial charge in [0.1, 0.15) is 0 Å². The van der Waals surface area contributed by atoms with Crippen molar-refractivity contribution in [1.82, 2.24) is 9.47 Å². The summed E-state index contributed by atoms with van der Waals surface area (Å²) >= 11 is 0. The van der Waals surface area contributed by atoms with Crippen molar-refractivity contribution in [2.45, 2.75) is 25.4 Å². The van der Waals surface area contributed by atoms with Gasteiger partial charge in [-0.2, -0.15) is 13.2 Å².